The molecule has 1 aliphatic rings. The topological polar surface area (TPSA) is 59.1 Å². The molecule has 0 aliphatic carbocycles. The van der Waals surface area contributed by atoms with E-state index in [1.165, 1.54) is 7.11 Å². The fraction of sp³-hybridized carbons (Fsp3) is 0.444. The highest BCUT2D eigenvalue weighted by Gasteiger charge is 2.32. The van der Waals surface area contributed by atoms with Gasteiger partial charge in [0, 0.05) is 32.7 Å². The summed E-state index contributed by atoms with van der Waals surface area (Å²) in [6, 6.07) is 5.10. The Bertz CT molecular complexity index is 627. The average molecular weight is 332 g/mol. The van der Waals surface area contributed by atoms with Gasteiger partial charge in [-0.05, 0) is 24.6 Å². The van der Waals surface area contributed by atoms with Gasteiger partial charge in [-0.3, -0.25) is 9.59 Å². The van der Waals surface area contributed by atoms with Crippen molar-refractivity contribution in [3.63, 3.8) is 0 Å². The van der Waals surface area contributed by atoms with E-state index in [9.17, 15) is 9.59 Å². The second-order valence-corrected chi connectivity index (χ2v) is 5.93. The van der Waals surface area contributed by atoms with Gasteiger partial charge in [0.2, 0.25) is 5.91 Å². The molecule has 6 nitrogen and oxygen atoms in total. The summed E-state index contributed by atoms with van der Waals surface area (Å²) in [7, 11) is 5.01. The first kappa shape index (κ1) is 17.8. The predicted molar refractivity (Wildman–Crippen MR) is 91.4 cm³/mol. The van der Waals surface area contributed by atoms with Crippen molar-refractivity contribution in [1.82, 2.24) is 9.80 Å². The maximum atomic E-state index is 12.7. The Labute approximate surface area is 142 Å². The number of benzene rings is 1. The lowest BCUT2D eigenvalue weighted by molar-refractivity contribution is -0.132. The van der Waals surface area contributed by atoms with Gasteiger partial charge in [-0.15, -0.1) is 0 Å². The van der Waals surface area contributed by atoms with Crippen LogP contribution in [0.4, 0.5) is 0 Å². The normalized spacial score (nSPS) is 16.6. The highest BCUT2D eigenvalue weighted by Crippen LogP contribution is 2.29. The SMILES string of the molecule is C=CCOc1ccc(C(=O)N2CC[C@H](C(=O)N(C)C)C2)cc1OC. The molecule has 0 saturated carbocycles. The Morgan fingerprint density at radius 3 is 2.75 bits per heavy atom. The van der Waals surface area contributed by atoms with Gasteiger partial charge in [0.25, 0.3) is 5.91 Å². The van der Waals surface area contributed by atoms with Crippen LogP contribution in [0.25, 0.3) is 0 Å². The zero-order valence-electron chi connectivity index (χ0n) is 14.4. The maximum absolute atomic E-state index is 12.7. The van der Waals surface area contributed by atoms with Crippen molar-refractivity contribution < 1.29 is 19.1 Å². The molecule has 1 heterocycles. The van der Waals surface area contributed by atoms with Crippen LogP contribution in [0.15, 0.2) is 30.9 Å². The minimum absolute atomic E-state index is 0.0658. The molecule has 1 atom stereocenters. The number of ether oxygens (including phenoxy) is 2. The van der Waals surface area contributed by atoms with E-state index >= 15 is 0 Å². The van der Waals surface area contributed by atoms with E-state index in [0.29, 0.717) is 43.2 Å². The number of methoxy groups -OCH3 is 1. The molecule has 1 saturated heterocycles. The summed E-state index contributed by atoms with van der Waals surface area (Å²) in [4.78, 5) is 28.0. The third-order valence-corrected chi connectivity index (χ3v) is 4.03. The number of nitrogens with zero attached hydrogens (tertiary/aromatic N) is 2. The summed E-state index contributed by atoms with van der Waals surface area (Å²) in [5.74, 6) is 0.911. The quantitative estimate of drug-likeness (QED) is 0.746. The molecule has 24 heavy (non-hydrogen) atoms. The fourth-order valence-electron chi connectivity index (χ4n) is 2.76. The summed E-state index contributed by atoms with van der Waals surface area (Å²) >= 11 is 0. The predicted octanol–water partition coefficient (Wildman–Crippen LogP) is 1.81. The highest BCUT2D eigenvalue weighted by molar-refractivity contribution is 5.95. The van der Waals surface area contributed by atoms with Crippen molar-refractivity contribution in [2.24, 2.45) is 5.92 Å². The summed E-state index contributed by atoms with van der Waals surface area (Å²) in [6.45, 7) is 5.01. The first-order chi connectivity index (χ1) is 11.5. The number of likely N-dealkylation sites (tertiary alicyclic amines) is 1. The Morgan fingerprint density at radius 2 is 2.12 bits per heavy atom. The van der Waals surface area contributed by atoms with Crippen LogP contribution in [0.1, 0.15) is 16.8 Å². The largest absolute Gasteiger partial charge is 0.493 e. The molecule has 1 aromatic rings. The van der Waals surface area contributed by atoms with Gasteiger partial charge in [0.05, 0.1) is 13.0 Å². The number of carbonyl (C=O) groups excluding carboxylic acids is 2. The average Bonchev–Trinajstić information content (AvgIpc) is 3.08. The molecule has 1 aliphatic heterocycles. The van der Waals surface area contributed by atoms with Crippen LogP contribution < -0.4 is 9.47 Å². The van der Waals surface area contributed by atoms with Gasteiger partial charge < -0.3 is 19.3 Å². The van der Waals surface area contributed by atoms with E-state index in [4.69, 9.17) is 9.47 Å². The molecule has 1 fully saturated rings. The summed E-state index contributed by atoms with van der Waals surface area (Å²) in [5, 5.41) is 0. The van der Waals surface area contributed by atoms with Crippen LogP contribution in [0.5, 0.6) is 11.5 Å². The zero-order valence-corrected chi connectivity index (χ0v) is 14.4. The van der Waals surface area contributed by atoms with Gasteiger partial charge >= 0.3 is 0 Å². The van der Waals surface area contributed by atoms with Gasteiger partial charge in [-0.1, -0.05) is 12.7 Å². The minimum atomic E-state index is -0.124. The van der Waals surface area contributed by atoms with Gasteiger partial charge in [0.15, 0.2) is 11.5 Å². The molecule has 2 rings (SSSR count). The lowest BCUT2D eigenvalue weighted by atomic mass is 10.1. The monoisotopic (exact) mass is 332 g/mol. The minimum Gasteiger partial charge on any atom is -0.493 e. The van der Waals surface area contributed by atoms with Crippen molar-refractivity contribution in [2.45, 2.75) is 6.42 Å². The molecule has 0 unspecified atom stereocenters. The Morgan fingerprint density at radius 1 is 1.38 bits per heavy atom. The van der Waals surface area contributed by atoms with E-state index in [1.54, 1.807) is 48.2 Å². The number of hydrogen-bond donors (Lipinski definition) is 0. The second kappa shape index (κ2) is 7.86. The van der Waals surface area contributed by atoms with E-state index in [-0.39, 0.29) is 17.7 Å². The molecule has 0 N–H and O–H groups in total. The van der Waals surface area contributed by atoms with E-state index in [1.807, 2.05) is 0 Å². The third-order valence-electron chi connectivity index (χ3n) is 4.03. The maximum Gasteiger partial charge on any atom is 0.254 e. The van der Waals surface area contributed by atoms with E-state index < -0.39 is 0 Å². The van der Waals surface area contributed by atoms with E-state index in [2.05, 4.69) is 6.58 Å². The highest BCUT2D eigenvalue weighted by atomic mass is 16.5. The van der Waals surface area contributed by atoms with Gasteiger partial charge in [-0.25, -0.2) is 0 Å². The van der Waals surface area contributed by atoms with Gasteiger partial charge in [0.1, 0.15) is 6.61 Å². The van der Waals surface area contributed by atoms with Crippen molar-refractivity contribution in [1.29, 1.82) is 0 Å². The molecule has 2 amide bonds. The van der Waals surface area contributed by atoms with Crippen LogP contribution in [-0.2, 0) is 4.79 Å². The molecule has 6 heteroatoms. The Hall–Kier alpha value is -2.50. The molecule has 0 spiro atoms. The Balaban J connectivity index is 2.10. The standard InChI is InChI=1S/C18H24N2O4/c1-5-10-24-15-7-6-13(11-16(15)23-4)18(22)20-9-8-14(12-20)17(21)19(2)3/h5-7,11,14H,1,8-10,12H2,2-4H3/t14-/m0/s1. The fourth-order valence-corrected chi connectivity index (χ4v) is 2.76. The third kappa shape index (κ3) is 3.88. The first-order valence-electron chi connectivity index (χ1n) is 7.90. The second-order valence-electron chi connectivity index (χ2n) is 5.93. The first-order valence-corrected chi connectivity index (χ1v) is 7.90. The van der Waals surface area contributed by atoms with Crippen LogP contribution in [0, 0.1) is 5.92 Å². The zero-order chi connectivity index (χ0) is 17.7. The van der Waals surface area contributed by atoms with Crippen LogP contribution >= 0.6 is 0 Å². The molecule has 130 valence electrons. The molecule has 1 aromatic carbocycles. The lowest BCUT2D eigenvalue weighted by Crippen LogP contribution is -2.34. The lowest BCUT2D eigenvalue weighted by Gasteiger charge is -2.19. The van der Waals surface area contributed by atoms with Crippen LogP contribution in [0.3, 0.4) is 0 Å². The molecular formula is C18H24N2O4. The summed E-state index contributed by atoms with van der Waals surface area (Å²) in [6.07, 6.45) is 2.34. The van der Waals surface area contributed by atoms with Crippen LogP contribution in [-0.4, -0.2) is 62.5 Å². The summed E-state index contributed by atoms with van der Waals surface area (Å²) < 4.78 is 10.8. The van der Waals surface area contributed by atoms with Gasteiger partial charge in [-0.2, -0.15) is 0 Å². The van der Waals surface area contributed by atoms with Crippen molar-refractivity contribution in [3.05, 3.63) is 36.4 Å². The number of carbonyl (C=O) groups is 2. The van der Waals surface area contributed by atoms with Crippen molar-refractivity contribution in [2.75, 3.05) is 40.9 Å². The molecule has 0 bridgehead atoms. The molecular weight excluding hydrogens is 308 g/mol. The molecule has 0 radical (unpaired) electrons. The van der Waals surface area contributed by atoms with Crippen molar-refractivity contribution in [3.8, 4) is 11.5 Å². The number of rotatable bonds is 6. The van der Waals surface area contributed by atoms with Crippen LogP contribution in [0.2, 0.25) is 0 Å². The number of amides is 2. The number of hydrogen-bond acceptors (Lipinski definition) is 4. The van der Waals surface area contributed by atoms with Crippen molar-refractivity contribution >= 4 is 11.8 Å². The summed E-state index contributed by atoms with van der Waals surface area (Å²) in [5.41, 5.74) is 0.524. The Kier molecular flexibility index (Phi) is 5.84. The molecule has 0 aromatic heterocycles. The van der Waals surface area contributed by atoms with E-state index in [0.717, 1.165) is 0 Å². The smallest absolute Gasteiger partial charge is 0.254 e.